The van der Waals surface area contributed by atoms with Gasteiger partial charge < -0.3 is 19.2 Å². The minimum absolute atomic E-state index is 0.000137. The number of carbonyl (C=O) groups is 1. The van der Waals surface area contributed by atoms with Crippen LogP contribution in [-0.4, -0.2) is 41.1 Å². The molecule has 0 aliphatic carbocycles. The van der Waals surface area contributed by atoms with E-state index in [1.165, 1.54) is 5.56 Å². The van der Waals surface area contributed by atoms with E-state index in [0.717, 1.165) is 18.4 Å². The molecule has 3 aromatic rings. The molecule has 1 amide bonds. The van der Waals surface area contributed by atoms with E-state index in [-0.39, 0.29) is 23.5 Å². The van der Waals surface area contributed by atoms with Crippen molar-refractivity contribution in [1.29, 1.82) is 0 Å². The number of amides is 1. The fourth-order valence-electron chi connectivity index (χ4n) is 3.42. The Morgan fingerprint density at radius 3 is 2.55 bits per heavy atom. The van der Waals surface area contributed by atoms with Gasteiger partial charge in [-0.1, -0.05) is 30.3 Å². The largest absolute Gasteiger partial charge is 0.493 e. The molecule has 0 spiro atoms. The van der Waals surface area contributed by atoms with Crippen LogP contribution in [0.25, 0.3) is 11.5 Å². The number of oxazole rings is 1. The number of ether oxygens (including phenoxy) is 2. The number of rotatable bonds is 11. The minimum atomic E-state index is -1.40. The second kappa shape index (κ2) is 11.7. The maximum absolute atomic E-state index is 12.6. The Morgan fingerprint density at radius 1 is 1.12 bits per heavy atom. The lowest BCUT2D eigenvalue weighted by molar-refractivity contribution is -0.119. The number of nitrogens with zero attached hydrogens (tertiary/aromatic N) is 1. The molecule has 0 saturated carbocycles. The lowest BCUT2D eigenvalue weighted by Crippen LogP contribution is -2.36. The van der Waals surface area contributed by atoms with Gasteiger partial charge in [-0.15, -0.1) is 0 Å². The van der Waals surface area contributed by atoms with Gasteiger partial charge in [0.15, 0.2) is 11.5 Å². The minimum Gasteiger partial charge on any atom is -0.493 e. The van der Waals surface area contributed by atoms with Gasteiger partial charge in [-0.3, -0.25) is 9.00 Å². The molecular formula is C25H30N2O5S. The van der Waals surface area contributed by atoms with Gasteiger partial charge in [0, 0.05) is 22.4 Å². The Morgan fingerprint density at radius 2 is 1.85 bits per heavy atom. The van der Waals surface area contributed by atoms with E-state index >= 15 is 0 Å². The Hall–Kier alpha value is -3.13. The van der Waals surface area contributed by atoms with Gasteiger partial charge >= 0.3 is 0 Å². The molecule has 0 saturated heterocycles. The zero-order chi connectivity index (χ0) is 23.8. The summed E-state index contributed by atoms with van der Waals surface area (Å²) in [6.07, 6.45) is 1.70. The Bertz CT molecular complexity index is 1100. The van der Waals surface area contributed by atoms with Crippen molar-refractivity contribution in [2.24, 2.45) is 0 Å². The zero-order valence-corrected chi connectivity index (χ0v) is 20.2. The number of aryl methyl sites for hydroxylation is 2. The summed E-state index contributed by atoms with van der Waals surface area (Å²) in [7, 11) is 1.73. The smallest absolute Gasteiger partial charge is 0.232 e. The van der Waals surface area contributed by atoms with Crippen molar-refractivity contribution < 1.29 is 22.9 Å². The second-order valence-corrected chi connectivity index (χ2v) is 9.27. The van der Waals surface area contributed by atoms with Gasteiger partial charge in [-0.25, -0.2) is 4.98 Å². The summed E-state index contributed by atoms with van der Waals surface area (Å²) in [5.41, 5.74) is 2.52. The van der Waals surface area contributed by atoms with Crippen LogP contribution in [0.4, 0.5) is 0 Å². The molecule has 33 heavy (non-hydrogen) atoms. The first-order chi connectivity index (χ1) is 15.9. The number of hydrogen-bond donors (Lipinski definition) is 1. The van der Waals surface area contributed by atoms with Crippen LogP contribution >= 0.6 is 0 Å². The molecule has 8 heteroatoms. The van der Waals surface area contributed by atoms with Crippen LogP contribution < -0.4 is 14.8 Å². The van der Waals surface area contributed by atoms with Crippen molar-refractivity contribution in [3.05, 3.63) is 65.5 Å². The Labute approximate surface area is 197 Å². The number of hydrogen-bond acceptors (Lipinski definition) is 6. The second-order valence-electron chi connectivity index (χ2n) is 7.81. The lowest BCUT2D eigenvalue weighted by atomic mass is 10.1. The van der Waals surface area contributed by atoms with E-state index in [1.54, 1.807) is 33.3 Å². The predicted octanol–water partition coefficient (Wildman–Crippen LogP) is 4.05. The van der Waals surface area contributed by atoms with Crippen molar-refractivity contribution in [2.45, 2.75) is 38.5 Å². The summed E-state index contributed by atoms with van der Waals surface area (Å²) in [6, 6.07) is 15.5. The highest BCUT2D eigenvalue weighted by Gasteiger charge is 2.18. The first kappa shape index (κ1) is 24.5. The highest BCUT2D eigenvalue weighted by Crippen LogP contribution is 2.32. The van der Waals surface area contributed by atoms with Crippen LogP contribution in [0.3, 0.4) is 0 Å². The monoisotopic (exact) mass is 470 g/mol. The van der Waals surface area contributed by atoms with Crippen molar-refractivity contribution in [2.75, 3.05) is 20.0 Å². The molecule has 0 aliphatic heterocycles. The topological polar surface area (TPSA) is 90.7 Å². The van der Waals surface area contributed by atoms with E-state index in [2.05, 4.69) is 22.4 Å². The van der Waals surface area contributed by atoms with Gasteiger partial charge in [0.1, 0.15) is 11.5 Å². The van der Waals surface area contributed by atoms with Crippen molar-refractivity contribution in [3.8, 4) is 23.0 Å². The molecule has 176 valence electrons. The summed E-state index contributed by atoms with van der Waals surface area (Å²) < 4.78 is 29.0. The molecule has 1 heterocycles. The molecule has 2 aromatic carbocycles. The van der Waals surface area contributed by atoms with E-state index in [4.69, 9.17) is 13.9 Å². The van der Waals surface area contributed by atoms with Gasteiger partial charge in [0.25, 0.3) is 0 Å². The lowest BCUT2D eigenvalue weighted by Gasteiger charge is -2.13. The first-order valence-electron chi connectivity index (χ1n) is 10.8. The van der Waals surface area contributed by atoms with Crippen LogP contribution in [0.1, 0.15) is 30.4 Å². The third-order valence-corrected chi connectivity index (χ3v) is 6.41. The Kier molecular flexibility index (Phi) is 8.65. The fraction of sp³-hybridized carbons (Fsp3) is 0.360. The van der Waals surface area contributed by atoms with Crippen LogP contribution in [0.2, 0.25) is 0 Å². The third-order valence-electron chi connectivity index (χ3n) is 5.23. The number of aromatic nitrogens is 1. The molecule has 1 aromatic heterocycles. The average molecular weight is 471 g/mol. The van der Waals surface area contributed by atoms with Gasteiger partial charge in [0.05, 0.1) is 25.7 Å². The predicted molar refractivity (Wildman–Crippen MR) is 129 cm³/mol. The number of methoxy groups -OCH3 is 2. The Balaban J connectivity index is 1.54. The number of nitrogens with one attached hydrogen (secondary N) is 1. The van der Waals surface area contributed by atoms with E-state index in [1.807, 2.05) is 31.2 Å². The SMILES string of the molecule is COc1ccc(-c2nc(C[S@@](=O)CC(=O)N[C@H](C)CCc3ccccc3)c(C)o2)cc1OC. The molecule has 0 unspecified atom stereocenters. The zero-order valence-electron chi connectivity index (χ0n) is 19.4. The number of carbonyl (C=O) groups excluding carboxylic acids is 1. The quantitative estimate of drug-likeness (QED) is 0.455. The van der Waals surface area contributed by atoms with Crippen LogP contribution in [0.5, 0.6) is 11.5 Å². The van der Waals surface area contributed by atoms with Crippen molar-refractivity contribution >= 4 is 16.7 Å². The summed E-state index contributed by atoms with van der Waals surface area (Å²) in [4.78, 5) is 16.8. The standard InChI is InChI=1S/C25H30N2O5S/c1-17(10-11-19-8-6-5-7-9-19)26-24(28)16-33(29)15-21-18(2)32-25(27-21)20-12-13-22(30-3)23(14-20)31-4/h5-9,12-14,17H,10-11,15-16H2,1-4H3,(H,26,28)/t17-,33-/m1/s1. The normalized spacial score (nSPS) is 12.7. The van der Waals surface area contributed by atoms with E-state index < -0.39 is 10.8 Å². The van der Waals surface area contributed by atoms with Crippen LogP contribution in [0, 0.1) is 6.92 Å². The molecule has 0 radical (unpaired) electrons. The number of benzene rings is 2. The van der Waals surface area contributed by atoms with Gasteiger partial charge in [0.2, 0.25) is 11.8 Å². The van der Waals surface area contributed by atoms with Crippen LogP contribution in [-0.2, 0) is 27.8 Å². The first-order valence-corrected chi connectivity index (χ1v) is 12.3. The van der Waals surface area contributed by atoms with Crippen LogP contribution in [0.15, 0.2) is 52.9 Å². The van der Waals surface area contributed by atoms with Gasteiger partial charge in [-0.2, -0.15) is 0 Å². The van der Waals surface area contributed by atoms with Crippen molar-refractivity contribution in [1.82, 2.24) is 10.3 Å². The highest BCUT2D eigenvalue weighted by atomic mass is 32.2. The summed E-state index contributed by atoms with van der Waals surface area (Å²) >= 11 is 0. The highest BCUT2D eigenvalue weighted by molar-refractivity contribution is 7.84. The summed E-state index contributed by atoms with van der Waals surface area (Å²) in [6.45, 7) is 3.73. The molecule has 0 aliphatic rings. The summed E-state index contributed by atoms with van der Waals surface area (Å²) in [5, 5.41) is 2.93. The molecule has 1 N–H and O–H groups in total. The fourth-order valence-corrected chi connectivity index (χ4v) is 4.47. The molecule has 0 fully saturated rings. The molecule has 3 rings (SSSR count). The molecule has 0 bridgehead atoms. The van der Waals surface area contributed by atoms with Gasteiger partial charge in [-0.05, 0) is 50.5 Å². The maximum atomic E-state index is 12.6. The third kappa shape index (κ3) is 6.92. The maximum Gasteiger partial charge on any atom is 0.232 e. The molecular weight excluding hydrogens is 440 g/mol. The average Bonchev–Trinajstić information content (AvgIpc) is 3.17. The molecule has 7 nitrogen and oxygen atoms in total. The summed E-state index contributed by atoms with van der Waals surface area (Å²) in [5.74, 6) is 1.99. The van der Waals surface area contributed by atoms with E-state index in [9.17, 15) is 9.00 Å². The van der Waals surface area contributed by atoms with Crippen molar-refractivity contribution in [3.63, 3.8) is 0 Å². The molecule has 2 atom stereocenters. The van der Waals surface area contributed by atoms with E-state index in [0.29, 0.717) is 28.8 Å².